The zero-order valence-corrected chi connectivity index (χ0v) is 10.0. The molecule has 0 radical (unpaired) electrons. The Morgan fingerprint density at radius 1 is 1.33 bits per heavy atom. The van der Waals surface area contributed by atoms with E-state index in [1.54, 1.807) is 11.1 Å². The Hall–Kier alpha value is -0.820. The third kappa shape index (κ3) is 2.23. The second-order valence-corrected chi connectivity index (χ2v) is 5.22. The topological polar surface area (TPSA) is 12.0 Å². The van der Waals surface area contributed by atoms with Gasteiger partial charge in [-0.15, -0.1) is 0 Å². The largest absolute Gasteiger partial charge is 0.311 e. The summed E-state index contributed by atoms with van der Waals surface area (Å²) in [6, 6.07) is 8.80. The fourth-order valence-electron chi connectivity index (χ4n) is 2.07. The predicted octanol–water partition coefficient (Wildman–Crippen LogP) is 3.10. The Morgan fingerprint density at radius 2 is 2.07 bits per heavy atom. The van der Waals surface area contributed by atoms with Gasteiger partial charge in [0.2, 0.25) is 0 Å². The van der Waals surface area contributed by atoms with Crippen LogP contribution in [0.5, 0.6) is 0 Å². The van der Waals surface area contributed by atoms with Crippen molar-refractivity contribution in [2.75, 3.05) is 6.54 Å². The van der Waals surface area contributed by atoms with Crippen molar-refractivity contribution in [2.24, 2.45) is 0 Å². The van der Waals surface area contributed by atoms with Crippen LogP contribution in [0.2, 0.25) is 0 Å². The number of hydrogen-bond donors (Lipinski definition) is 1. The summed E-state index contributed by atoms with van der Waals surface area (Å²) in [5, 5.41) is 3.65. The Labute approximate surface area is 92.9 Å². The lowest BCUT2D eigenvalue weighted by Crippen LogP contribution is -2.42. The first-order chi connectivity index (χ1) is 7.12. The van der Waals surface area contributed by atoms with E-state index in [2.05, 4.69) is 50.4 Å². The van der Waals surface area contributed by atoms with E-state index in [0.29, 0.717) is 0 Å². The van der Waals surface area contributed by atoms with Crippen LogP contribution in [-0.4, -0.2) is 12.1 Å². The molecule has 1 aliphatic carbocycles. The lowest BCUT2D eigenvalue weighted by Gasteiger charge is -2.34. The lowest BCUT2D eigenvalue weighted by atomic mass is 9.77. The number of rotatable bonds is 4. The molecule has 0 bridgehead atoms. The summed E-state index contributed by atoms with van der Waals surface area (Å²) in [7, 11) is 0. The van der Waals surface area contributed by atoms with Gasteiger partial charge in [0, 0.05) is 18.0 Å². The molecular weight excluding hydrogens is 182 g/mol. The van der Waals surface area contributed by atoms with Gasteiger partial charge >= 0.3 is 0 Å². The minimum absolute atomic E-state index is 0.282. The van der Waals surface area contributed by atoms with Crippen LogP contribution >= 0.6 is 0 Å². The monoisotopic (exact) mass is 203 g/mol. The SMILES string of the molecule is CCC(C)(C)NCC1Cc2ccccc21. The summed E-state index contributed by atoms with van der Waals surface area (Å²) in [4.78, 5) is 0. The van der Waals surface area contributed by atoms with E-state index in [1.165, 1.54) is 12.8 Å². The van der Waals surface area contributed by atoms with Crippen molar-refractivity contribution in [3.63, 3.8) is 0 Å². The third-order valence-electron chi connectivity index (χ3n) is 3.67. The van der Waals surface area contributed by atoms with Gasteiger partial charge < -0.3 is 5.32 Å². The van der Waals surface area contributed by atoms with Crippen LogP contribution < -0.4 is 5.32 Å². The molecule has 1 unspecified atom stereocenters. The van der Waals surface area contributed by atoms with Crippen molar-refractivity contribution in [1.82, 2.24) is 5.32 Å². The minimum atomic E-state index is 0.282. The lowest BCUT2D eigenvalue weighted by molar-refractivity contribution is 0.354. The van der Waals surface area contributed by atoms with E-state index in [0.717, 1.165) is 12.5 Å². The fraction of sp³-hybridized carbons (Fsp3) is 0.571. The van der Waals surface area contributed by atoms with Crippen molar-refractivity contribution in [1.29, 1.82) is 0 Å². The second kappa shape index (κ2) is 3.97. The molecule has 1 N–H and O–H groups in total. The van der Waals surface area contributed by atoms with Gasteiger partial charge in [-0.1, -0.05) is 31.2 Å². The minimum Gasteiger partial charge on any atom is -0.311 e. The smallest absolute Gasteiger partial charge is 0.0122 e. The molecule has 1 heteroatoms. The molecule has 15 heavy (non-hydrogen) atoms. The van der Waals surface area contributed by atoms with Crippen molar-refractivity contribution < 1.29 is 0 Å². The molecule has 1 nitrogen and oxygen atoms in total. The van der Waals surface area contributed by atoms with Crippen LogP contribution in [0.1, 0.15) is 44.2 Å². The van der Waals surface area contributed by atoms with Crippen molar-refractivity contribution in [3.8, 4) is 0 Å². The molecule has 0 saturated heterocycles. The normalized spacial score (nSPS) is 19.5. The first-order valence-corrected chi connectivity index (χ1v) is 5.95. The van der Waals surface area contributed by atoms with Crippen molar-refractivity contribution in [2.45, 2.75) is 45.1 Å². The number of hydrogen-bond acceptors (Lipinski definition) is 1. The maximum atomic E-state index is 3.65. The van der Waals surface area contributed by atoms with Gasteiger partial charge in [0.15, 0.2) is 0 Å². The highest BCUT2D eigenvalue weighted by atomic mass is 15.0. The van der Waals surface area contributed by atoms with E-state index >= 15 is 0 Å². The maximum Gasteiger partial charge on any atom is 0.0122 e. The molecular formula is C14H21N. The first kappa shape index (κ1) is 10.7. The number of benzene rings is 1. The Balaban J connectivity index is 1.90. The Morgan fingerprint density at radius 3 is 2.73 bits per heavy atom. The van der Waals surface area contributed by atoms with Crippen LogP contribution in [0.3, 0.4) is 0 Å². The van der Waals surface area contributed by atoms with Gasteiger partial charge in [-0.3, -0.25) is 0 Å². The molecule has 0 amide bonds. The number of fused-ring (bicyclic) bond motifs is 1. The first-order valence-electron chi connectivity index (χ1n) is 5.95. The quantitative estimate of drug-likeness (QED) is 0.793. The average molecular weight is 203 g/mol. The van der Waals surface area contributed by atoms with Gasteiger partial charge in [-0.2, -0.15) is 0 Å². The molecule has 0 fully saturated rings. The van der Waals surface area contributed by atoms with Crippen molar-refractivity contribution in [3.05, 3.63) is 35.4 Å². The summed E-state index contributed by atoms with van der Waals surface area (Å²) in [5.41, 5.74) is 3.38. The molecule has 0 spiro atoms. The average Bonchev–Trinajstić information content (AvgIpc) is 2.19. The summed E-state index contributed by atoms with van der Waals surface area (Å²) < 4.78 is 0. The standard InChI is InChI=1S/C14H21N/c1-4-14(2,3)15-10-12-9-11-7-5-6-8-13(11)12/h5-8,12,15H,4,9-10H2,1-3H3. The molecule has 1 aromatic rings. The molecule has 82 valence electrons. The molecule has 0 aliphatic heterocycles. The molecule has 1 atom stereocenters. The second-order valence-electron chi connectivity index (χ2n) is 5.22. The van der Waals surface area contributed by atoms with Gasteiger partial charge in [-0.25, -0.2) is 0 Å². The van der Waals surface area contributed by atoms with Crippen LogP contribution in [0, 0.1) is 0 Å². The van der Waals surface area contributed by atoms with Gasteiger partial charge in [-0.05, 0) is 37.8 Å². The molecule has 1 aromatic carbocycles. The predicted molar refractivity (Wildman–Crippen MR) is 65.3 cm³/mol. The Kier molecular flexibility index (Phi) is 2.83. The summed E-state index contributed by atoms with van der Waals surface area (Å²) in [6.07, 6.45) is 2.43. The fourth-order valence-corrected chi connectivity index (χ4v) is 2.07. The summed E-state index contributed by atoms with van der Waals surface area (Å²) in [6.45, 7) is 7.91. The van der Waals surface area contributed by atoms with Crippen molar-refractivity contribution >= 4 is 0 Å². The van der Waals surface area contributed by atoms with Crippen LogP contribution in [0.25, 0.3) is 0 Å². The van der Waals surface area contributed by atoms with E-state index < -0.39 is 0 Å². The van der Waals surface area contributed by atoms with E-state index in [4.69, 9.17) is 0 Å². The Bertz CT molecular complexity index is 341. The maximum absolute atomic E-state index is 3.65. The van der Waals surface area contributed by atoms with Gasteiger partial charge in [0.05, 0.1) is 0 Å². The highest BCUT2D eigenvalue weighted by Gasteiger charge is 2.26. The van der Waals surface area contributed by atoms with E-state index in [1.807, 2.05) is 0 Å². The summed E-state index contributed by atoms with van der Waals surface area (Å²) in [5.74, 6) is 0.743. The summed E-state index contributed by atoms with van der Waals surface area (Å²) >= 11 is 0. The van der Waals surface area contributed by atoms with Crippen LogP contribution in [-0.2, 0) is 6.42 Å². The van der Waals surface area contributed by atoms with Gasteiger partial charge in [0.1, 0.15) is 0 Å². The van der Waals surface area contributed by atoms with E-state index in [9.17, 15) is 0 Å². The zero-order valence-electron chi connectivity index (χ0n) is 10.0. The highest BCUT2D eigenvalue weighted by molar-refractivity contribution is 5.40. The molecule has 2 rings (SSSR count). The molecule has 0 heterocycles. The van der Waals surface area contributed by atoms with E-state index in [-0.39, 0.29) is 5.54 Å². The molecule has 0 aromatic heterocycles. The van der Waals surface area contributed by atoms with Crippen LogP contribution in [0.4, 0.5) is 0 Å². The molecule has 0 saturated carbocycles. The molecule has 1 aliphatic rings. The van der Waals surface area contributed by atoms with Crippen LogP contribution in [0.15, 0.2) is 24.3 Å². The zero-order chi connectivity index (χ0) is 10.9. The highest BCUT2D eigenvalue weighted by Crippen LogP contribution is 2.34. The third-order valence-corrected chi connectivity index (χ3v) is 3.67. The number of nitrogens with one attached hydrogen (secondary N) is 1. The van der Waals surface area contributed by atoms with Gasteiger partial charge in [0.25, 0.3) is 0 Å².